The highest BCUT2D eigenvalue weighted by atomic mass is 32.2. The highest BCUT2D eigenvalue weighted by Gasteiger charge is 2.34. The first-order valence-corrected chi connectivity index (χ1v) is 15.8. The number of amides is 2. The van der Waals surface area contributed by atoms with E-state index in [4.69, 9.17) is 4.74 Å². The van der Waals surface area contributed by atoms with Crippen molar-refractivity contribution in [1.82, 2.24) is 10.2 Å². The number of methoxy groups -OCH3 is 1. The molecular formula is C32H39N3O5S. The number of hydrogen-bond donors (Lipinski definition) is 1. The van der Waals surface area contributed by atoms with E-state index in [0.717, 1.165) is 52.9 Å². The number of aryl methyl sites for hydroxylation is 1. The van der Waals surface area contributed by atoms with E-state index in [1.54, 1.807) is 24.3 Å². The lowest BCUT2D eigenvalue weighted by atomic mass is 10.0. The van der Waals surface area contributed by atoms with E-state index < -0.39 is 28.5 Å². The van der Waals surface area contributed by atoms with Gasteiger partial charge in [-0.05, 0) is 43.0 Å². The van der Waals surface area contributed by atoms with Crippen LogP contribution in [0.4, 0.5) is 5.69 Å². The zero-order valence-electron chi connectivity index (χ0n) is 24.0. The van der Waals surface area contributed by atoms with Crippen molar-refractivity contribution < 1.29 is 22.7 Å². The van der Waals surface area contributed by atoms with E-state index in [0.29, 0.717) is 12.2 Å². The van der Waals surface area contributed by atoms with Crippen molar-refractivity contribution >= 4 is 27.5 Å². The minimum absolute atomic E-state index is 0.0674. The van der Waals surface area contributed by atoms with Gasteiger partial charge in [-0.2, -0.15) is 0 Å². The Hall–Kier alpha value is -3.85. The number of hydrogen-bond acceptors (Lipinski definition) is 5. The van der Waals surface area contributed by atoms with Crippen LogP contribution in [0.3, 0.4) is 0 Å². The first-order chi connectivity index (χ1) is 19.7. The first kappa shape index (κ1) is 30.1. The smallest absolute Gasteiger partial charge is 0.244 e. The highest BCUT2D eigenvalue weighted by Crippen LogP contribution is 2.30. The number of para-hydroxylation sites is 2. The Morgan fingerprint density at radius 1 is 0.951 bits per heavy atom. The molecule has 41 heavy (non-hydrogen) atoms. The summed E-state index contributed by atoms with van der Waals surface area (Å²) in [5, 5.41) is 3.18. The summed E-state index contributed by atoms with van der Waals surface area (Å²) in [6.45, 7) is 1.64. The number of anilines is 1. The lowest BCUT2D eigenvalue weighted by molar-refractivity contribution is -0.140. The van der Waals surface area contributed by atoms with E-state index in [1.807, 2.05) is 61.5 Å². The molecule has 9 heteroatoms. The number of sulfonamides is 1. The third kappa shape index (κ3) is 8.10. The van der Waals surface area contributed by atoms with Crippen LogP contribution < -0.4 is 14.4 Å². The molecule has 0 bridgehead atoms. The van der Waals surface area contributed by atoms with E-state index in [-0.39, 0.29) is 24.2 Å². The molecule has 0 heterocycles. The molecule has 1 saturated carbocycles. The Labute approximate surface area is 243 Å². The Bertz CT molecular complexity index is 1440. The SMILES string of the molecule is COc1ccccc1N(CC(=O)N(Cc1cccc(C)c1)[C@@H](Cc1ccccc1)C(=O)NC1CCCC1)S(C)(=O)=O. The van der Waals surface area contributed by atoms with Gasteiger partial charge in [0, 0.05) is 19.0 Å². The number of carbonyl (C=O) groups excluding carboxylic acids is 2. The average molecular weight is 578 g/mol. The summed E-state index contributed by atoms with van der Waals surface area (Å²) < 4.78 is 32.5. The fraction of sp³-hybridized carbons (Fsp3) is 0.375. The van der Waals surface area contributed by atoms with Gasteiger partial charge in [0.25, 0.3) is 0 Å². The second-order valence-electron chi connectivity index (χ2n) is 10.6. The third-order valence-corrected chi connectivity index (χ3v) is 8.57. The fourth-order valence-corrected chi connectivity index (χ4v) is 6.21. The van der Waals surface area contributed by atoms with Crippen LogP contribution in [0.15, 0.2) is 78.9 Å². The van der Waals surface area contributed by atoms with Gasteiger partial charge in [0.1, 0.15) is 18.3 Å². The number of carbonyl (C=O) groups is 2. The molecular weight excluding hydrogens is 538 g/mol. The molecule has 4 rings (SSSR count). The summed E-state index contributed by atoms with van der Waals surface area (Å²) in [4.78, 5) is 29.7. The van der Waals surface area contributed by atoms with Crippen molar-refractivity contribution in [2.75, 3.05) is 24.2 Å². The number of rotatable bonds is 12. The molecule has 0 aromatic heterocycles. The second-order valence-corrected chi connectivity index (χ2v) is 12.6. The van der Waals surface area contributed by atoms with Crippen LogP contribution in [-0.2, 0) is 32.6 Å². The summed E-state index contributed by atoms with van der Waals surface area (Å²) >= 11 is 0. The Kier molecular flexibility index (Phi) is 10.0. The standard InChI is InChI=1S/C32H39N3O5S/c1-24-12-11-15-26(20-24)22-34(31(36)23-35(41(3,38)39)28-18-9-10-19-30(28)40-2)29(21-25-13-5-4-6-14-25)32(37)33-27-16-7-8-17-27/h4-6,9-15,18-20,27,29H,7-8,16-17,21-23H2,1-3H3,(H,33,37)/t29-/m0/s1. The zero-order valence-corrected chi connectivity index (χ0v) is 24.8. The molecule has 0 radical (unpaired) electrons. The summed E-state index contributed by atoms with van der Waals surface area (Å²) in [7, 11) is -2.42. The number of nitrogens with one attached hydrogen (secondary N) is 1. The molecule has 0 spiro atoms. The van der Waals surface area contributed by atoms with E-state index in [1.165, 1.54) is 12.0 Å². The van der Waals surface area contributed by atoms with Crippen LogP contribution in [0, 0.1) is 6.92 Å². The van der Waals surface area contributed by atoms with Gasteiger partial charge in [-0.1, -0.05) is 85.1 Å². The summed E-state index contributed by atoms with van der Waals surface area (Å²) in [6, 6.07) is 23.3. The topological polar surface area (TPSA) is 96.0 Å². The molecule has 1 aliphatic carbocycles. The van der Waals surface area contributed by atoms with Crippen LogP contribution >= 0.6 is 0 Å². The lowest BCUT2D eigenvalue weighted by Crippen LogP contribution is -2.54. The van der Waals surface area contributed by atoms with Crippen LogP contribution in [0.2, 0.25) is 0 Å². The second kappa shape index (κ2) is 13.7. The molecule has 218 valence electrons. The first-order valence-electron chi connectivity index (χ1n) is 14.0. The average Bonchev–Trinajstić information content (AvgIpc) is 3.46. The predicted molar refractivity (Wildman–Crippen MR) is 161 cm³/mol. The van der Waals surface area contributed by atoms with Gasteiger partial charge in [-0.25, -0.2) is 8.42 Å². The molecule has 8 nitrogen and oxygen atoms in total. The van der Waals surface area contributed by atoms with Gasteiger partial charge in [-0.15, -0.1) is 0 Å². The van der Waals surface area contributed by atoms with Gasteiger partial charge >= 0.3 is 0 Å². The Balaban J connectivity index is 1.74. The summed E-state index contributed by atoms with van der Waals surface area (Å²) in [6.07, 6.45) is 5.29. The highest BCUT2D eigenvalue weighted by molar-refractivity contribution is 7.92. The van der Waals surface area contributed by atoms with Crippen LogP contribution in [0.1, 0.15) is 42.4 Å². The fourth-order valence-electron chi connectivity index (χ4n) is 5.36. The monoisotopic (exact) mass is 577 g/mol. The largest absolute Gasteiger partial charge is 0.495 e. The van der Waals surface area contributed by atoms with Crippen molar-refractivity contribution in [3.05, 3.63) is 95.6 Å². The van der Waals surface area contributed by atoms with Crippen molar-refractivity contribution in [3.63, 3.8) is 0 Å². The Morgan fingerprint density at radius 3 is 2.27 bits per heavy atom. The molecule has 1 aliphatic rings. The van der Waals surface area contributed by atoms with Crippen molar-refractivity contribution in [3.8, 4) is 5.75 Å². The minimum atomic E-state index is -3.88. The maximum absolute atomic E-state index is 14.2. The number of benzene rings is 3. The minimum Gasteiger partial charge on any atom is -0.495 e. The van der Waals surface area contributed by atoms with E-state index >= 15 is 0 Å². The maximum Gasteiger partial charge on any atom is 0.244 e. The normalized spacial score (nSPS) is 14.3. The van der Waals surface area contributed by atoms with Gasteiger partial charge in [-0.3, -0.25) is 13.9 Å². The van der Waals surface area contributed by atoms with Gasteiger partial charge in [0.05, 0.1) is 19.1 Å². The summed E-state index contributed by atoms with van der Waals surface area (Å²) in [5.74, 6) is -0.383. The number of nitrogens with zero attached hydrogens (tertiary/aromatic N) is 2. The van der Waals surface area contributed by atoms with Crippen molar-refractivity contribution in [2.45, 2.75) is 57.7 Å². The van der Waals surface area contributed by atoms with Gasteiger partial charge in [0.2, 0.25) is 21.8 Å². The molecule has 3 aromatic rings. The lowest BCUT2D eigenvalue weighted by Gasteiger charge is -2.34. The molecule has 1 atom stereocenters. The molecule has 0 saturated heterocycles. The molecule has 2 amide bonds. The molecule has 0 aliphatic heterocycles. The molecule has 1 fully saturated rings. The van der Waals surface area contributed by atoms with Crippen LogP contribution in [0.25, 0.3) is 0 Å². The van der Waals surface area contributed by atoms with Gasteiger partial charge in [0.15, 0.2) is 0 Å². The number of ether oxygens (including phenoxy) is 1. The molecule has 3 aromatic carbocycles. The predicted octanol–water partition coefficient (Wildman–Crippen LogP) is 4.47. The van der Waals surface area contributed by atoms with E-state index in [2.05, 4.69) is 5.32 Å². The van der Waals surface area contributed by atoms with Crippen molar-refractivity contribution in [1.29, 1.82) is 0 Å². The van der Waals surface area contributed by atoms with Crippen LogP contribution in [0.5, 0.6) is 5.75 Å². The molecule has 1 N–H and O–H groups in total. The maximum atomic E-state index is 14.2. The summed E-state index contributed by atoms with van der Waals surface area (Å²) in [5.41, 5.74) is 3.05. The quantitative estimate of drug-likeness (QED) is 0.343. The third-order valence-electron chi connectivity index (χ3n) is 7.44. The van der Waals surface area contributed by atoms with E-state index in [9.17, 15) is 18.0 Å². The van der Waals surface area contributed by atoms with Gasteiger partial charge < -0.3 is 15.0 Å². The van der Waals surface area contributed by atoms with Crippen LogP contribution in [-0.4, -0.2) is 57.1 Å². The zero-order chi connectivity index (χ0) is 29.4. The Morgan fingerprint density at radius 2 is 1.61 bits per heavy atom. The van der Waals surface area contributed by atoms with Crippen molar-refractivity contribution in [2.24, 2.45) is 0 Å². The molecule has 0 unspecified atom stereocenters.